The molecule has 190 valence electrons. The molecule has 2 atom stereocenters. The lowest BCUT2D eigenvalue weighted by Crippen LogP contribution is -2.55. The number of halogens is 1. The van der Waals surface area contributed by atoms with Gasteiger partial charge >= 0.3 is 0 Å². The zero-order valence-electron chi connectivity index (χ0n) is 20.9. The third kappa shape index (κ3) is 3.83. The third-order valence-corrected chi connectivity index (χ3v) is 6.92. The number of nitrogens with one attached hydrogen (secondary N) is 2. The summed E-state index contributed by atoms with van der Waals surface area (Å²) in [5, 5.41) is 5.98. The minimum absolute atomic E-state index is 0.0809. The fourth-order valence-corrected chi connectivity index (χ4v) is 4.99. The molecule has 36 heavy (non-hydrogen) atoms. The van der Waals surface area contributed by atoms with Crippen molar-refractivity contribution >= 4 is 40.4 Å². The molecule has 0 saturated carbocycles. The second-order valence-electron chi connectivity index (χ2n) is 8.94. The number of carbonyl (C=O) groups is 3. The minimum atomic E-state index is -1.75. The number of fused-ring (bicyclic) bond motifs is 1. The molecule has 10 heteroatoms. The smallest absolute Gasteiger partial charge is 0.253 e. The summed E-state index contributed by atoms with van der Waals surface area (Å²) in [5.74, 6) is -1.17. The molecule has 0 saturated heterocycles. The Bertz CT molecular complexity index is 1310. The van der Waals surface area contributed by atoms with Crippen LogP contribution in [0.4, 0.5) is 11.4 Å². The Morgan fingerprint density at radius 3 is 2.44 bits per heavy atom. The van der Waals surface area contributed by atoms with Gasteiger partial charge in [0.25, 0.3) is 5.91 Å². The van der Waals surface area contributed by atoms with Crippen LogP contribution >= 0.6 is 11.6 Å². The lowest BCUT2D eigenvalue weighted by molar-refractivity contribution is -0.129. The molecule has 1 amide bonds. The summed E-state index contributed by atoms with van der Waals surface area (Å²) in [7, 11) is 8.13. The largest absolute Gasteiger partial charge is 0.496 e. The van der Waals surface area contributed by atoms with Crippen molar-refractivity contribution in [1.29, 1.82) is 0 Å². The molecule has 9 nitrogen and oxygen atoms in total. The predicted octanol–water partition coefficient (Wildman–Crippen LogP) is 3.70. The highest BCUT2D eigenvalue weighted by Crippen LogP contribution is 2.53. The second-order valence-corrected chi connectivity index (χ2v) is 9.31. The highest BCUT2D eigenvalue weighted by Gasteiger charge is 2.60. The first kappa shape index (κ1) is 25.4. The van der Waals surface area contributed by atoms with Crippen molar-refractivity contribution in [1.82, 2.24) is 5.32 Å². The maximum absolute atomic E-state index is 13.6. The molecule has 0 bridgehead atoms. The number of methoxy groups -OCH3 is 2. The summed E-state index contributed by atoms with van der Waals surface area (Å²) in [6.07, 6.45) is 1.72. The molecule has 0 fully saturated rings. The zero-order chi connectivity index (χ0) is 26.4. The molecule has 2 unspecified atom stereocenters. The van der Waals surface area contributed by atoms with Crippen LogP contribution in [0.5, 0.6) is 17.2 Å². The molecule has 1 aliphatic carbocycles. The van der Waals surface area contributed by atoms with Gasteiger partial charge in [0.15, 0.2) is 5.75 Å². The van der Waals surface area contributed by atoms with Gasteiger partial charge < -0.3 is 29.7 Å². The van der Waals surface area contributed by atoms with Gasteiger partial charge in [0.2, 0.25) is 17.2 Å². The fourth-order valence-electron chi connectivity index (χ4n) is 4.72. The van der Waals surface area contributed by atoms with E-state index in [4.69, 9.17) is 25.8 Å². The highest BCUT2D eigenvalue weighted by atomic mass is 35.5. The van der Waals surface area contributed by atoms with Crippen LogP contribution in [0.25, 0.3) is 0 Å². The normalized spacial score (nSPS) is 20.4. The van der Waals surface area contributed by atoms with Crippen LogP contribution in [0.15, 0.2) is 36.0 Å². The van der Waals surface area contributed by atoms with Crippen molar-refractivity contribution in [2.24, 2.45) is 5.92 Å². The van der Waals surface area contributed by atoms with E-state index in [1.165, 1.54) is 26.4 Å². The van der Waals surface area contributed by atoms with E-state index in [9.17, 15) is 14.4 Å². The van der Waals surface area contributed by atoms with Gasteiger partial charge in [-0.2, -0.15) is 0 Å². The van der Waals surface area contributed by atoms with Gasteiger partial charge in [0.05, 0.1) is 19.8 Å². The number of amides is 1. The number of carbonyl (C=O) groups excluding carboxylic acids is 3. The van der Waals surface area contributed by atoms with E-state index in [0.717, 1.165) is 5.69 Å². The van der Waals surface area contributed by atoms with Crippen LogP contribution in [0.3, 0.4) is 0 Å². The Kier molecular flexibility index (Phi) is 6.62. The van der Waals surface area contributed by atoms with E-state index in [0.29, 0.717) is 23.4 Å². The van der Waals surface area contributed by atoms with Crippen LogP contribution in [0.1, 0.15) is 34.1 Å². The van der Waals surface area contributed by atoms with Crippen LogP contribution < -0.4 is 29.7 Å². The molecule has 4 rings (SSSR count). The number of Topliss-reactive ketones (excluding diaryl/α,β-unsaturated/α-hetero) is 1. The molecule has 0 aromatic heterocycles. The molecule has 1 heterocycles. The van der Waals surface area contributed by atoms with Gasteiger partial charge in [-0.05, 0) is 24.6 Å². The number of hydrogen-bond acceptors (Lipinski definition) is 8. The van der Waals surface area contributed by atoms with E-state index in [1.807, 2.05) is 31.1 Å². The Morgan fingerprint density at radius 1 is 1.17 bits per heavy atom. The highest BCUT2D eigenvalue weighted by molar-refractivity contribution is 6.36. The number of ketones is 2. The van der Waals surface area contributed by atoms with Gasteiger partial charge in [-0.25, -0.2) is 0 Å². The lowest BCUT2D eigenvalue weighted by Gasteiger charge is -2.35. The van der Waals surface area contributed by atoms with Crippen molar-refractivity contribution in [2.75, 3.05) is 45.6 Å². The summed E-state index contributed by atoms with van der Waals surface area (Å²) < 4.78 is 16.7. The molecule has 1 aliphatic heterocycles. The molecular weight excluding hydrogens is 486 g/mol. The number of nitrogens with zero attached hydrogens (tertiary/aromatic N) is 1. The number of ether oxygens (including phenoxy) is 3. The summed E-state index contributed by atoms with van der Waals surface area (Å²) in [6.45, 7) is 1.78. The number of allylic oxidation sites excluding steroid dienone is 1. The molecule has 2 N–H and O–H groups in total. The van der Waals surface area contributed by atoms with Gasteiger partial charge in [-0.15, -0.1) is 0 Å². The maximum atomic E-state index is 13.6. The van der Waals surface area contributed by atoms with Crippen LogP contribution in [-0.2, 0) is 4.79 Å². The number of rotatable bonds is 6. The van der Waals surface area contributed by atoms with Crippen LogP contribution in [0, 0.1) is 5.92 Å². The third-order valence-electron chi connectivity index (χ3n) is 6.56. The van der Waals surface area contributed by atoms with Crippen LogP contribution in [-0.4, -0.2) is 58.4 Å². The van der Waals surface area contributed by atoms with Crippen molar-refractivity contribution in [3.8, 4) is 17.2 Å². The van der Waals surface area contributed by atoms with Crippen molar-refractivity contribution in [3.63, 3.8) is 0 Å². The average molecular weight is 514 g/mol. The monoisotopic (exact) mass is 513 g/mol. The maximum Gasteiger partial charge on any atom is 0.253 e. The first-order chi connectivity index (χ1) is 17.1. The van der Waals surface area contributed by atoms with E-state index in [-0.39, 0.29) is 33.7 Å². The lowest BCUT2D eigenvalue weighted by atomic mass is 9.74. The number of hydrogen-bond donors (Lipinski definition) is 2. The van der Waals surface area contributed by atoms with Crippen LogP contribution in [0.2, 0.25) is 5.02 Å². The quantitative estimate of drug-likeness (QED) is 0.563. The van der Waals surface area contributed by atoms with E-state index in [2.05, 4.69) is 10.6 Å². The summed E-state index contributed by atoms with van der Waals surface area (Å²) in [5.41, 5.74) is 0.853. The first-order valence-electron chi connectivity index (χ1n) is 11.3. The first-order valence-corrected chi connectivity index (χ1v) is 11.7. The number of anilines is 2. The van der Waals surface area contributed by atoms with Crippen molar-refractivity contribution < 1.29 is 28.6 Å². The summed E-state index contributed by atoms with van der Waals surface area (Å²) in [4.78, 5) is 41.4. The second kappa shape index (κ2) is 9.39. The summed E-state index contributed by atoms with van der Waals surface area (Å²) >= 11 is 6.44. The van der Waals surface area contributed by atoms with Crippen molar-refractivity contribution in [2.45, 2.75) is 18.9 Å². The molecule has 2 aliphatic rings. The van der Waals surface area contributed by atoms with Gasteiger partial charge in [0, 0.05) is 56.3 Å². The van der Waals surface area contributed by atoms with Crippen molar-refractivity contribution in [3.05, 3.63) is 52.2 Å². The molecule has 2 aromatic rings. The predicted molar refractivity (Wildman–Crippen MR) is 137 cm³/mol. The Labute approximate surface area is 214 Å². The molecule has 0 radical (unpaired) electrons. The zero-order valence-corrected chi connectivity index (χ0v) is 21.7. The molecule has 2 aromatic carbocycles. The minimum Gasteiger partial charge on any atom is -0.496 e. The Morgan fingerprint density at radius 2 is 1.86 bits per heavy atom. The Hall–Kier alpha value is -3.72. The number of benzene rings is 2. The molecular formula is C26H28ClN3O6. The van der Waals surface area contributed by atoms with E-state index in [1.54, 1.807) is 20.0 Å². The van der Waals surface area contributed by atoms with E-state index >= 15 is 0 Å². The standard InChI is InChI=1S/C26H28ClN3O6/c1-13-9-15(29-14-7-8-17(30(3)4)16(10-14)25(33)28-2)11-20(31)26(13)24(32)21-18(34-5)12-19(35-6)22(27)23(21)36-26/h7-8,10-13,29H,9H2,1-6H3,(H,28,33). The summed E-state index contributed by atoms with van der Waals surface area (Å²) in [6, 6.07) is 6.87. The van der Waals surface area contributed by atoms with Gasteiger partial charge in [-0.3, -0.25) is 14.4 Å². The van der Waals surface area contributed by atoms with Gasteiger partial charge in [-0.1, -0.05) is 18.5 Å². The SMILES string of the molecule is CNC(=O)c1cc(NC2=CC(=O)C3(Oc4c(Cl)c(OC)cc(OC)c4C3=O)C(C)C2)ccc1N(C)C. The van der Waals surface area contributed by atoms with Gasteiger partial charge in [0.1, 0.15) is 22.1 Å². The molecule has 1 spiro atoms. The topological polar surface area (TPSA) is 106 Å². The fraction of sp³-hybridized carbons (Fsp3) is 0.346. The van der Waals surface area contributed by atoms with E-state index < -0.39 is 23.1 Å². The average Bonchev–Trinajstić information content (AvgIpc) is 3.17. The Balaban J connectivity index is 1.68.